The van der Waals surface area contributed by atoms with Crippen LogP contribution in [0.25, 0.3) is 0 Å². The van der Waals surface area contributed by atoms with Crippen LogP contribution < -0.4 is 0 Å². The summed E-state index contributed by atoms with van der Waals surface area (Å²) in [6.07, 6.45) is -1.10. The minimum absolute atomic E-state index is 0.124. The highest BCUT2D eigenvalue weighted by molar-refractivity contribution is 5.29. The molecule has 0 unspecified atom stereocenters. The van der Waals surface area contributed by atoms with E-state index in [-0.39, 0.29) is 5.75 Å². The smallest absolute Gasteiger partial charge is 0.165 e. The van der Waals surface area contributed by atoms with Gasteiger partial charge in [-0.1, -0.05) is 12.1 Å². The van der Waals surface area contributed by atoms with E-state index in [1.807, 2.05) is 0 Å². The number of phenols is 1. The number of aliphatic hydroxyl groups excluding tert-OH is 1. The van der Waals surface area contributed by atoms with Gasteiger partial charge in [0, 0.05) is 0 Å². The standard InChI is InChI=1S/C8H7NO2/c9-5-8(11)6-1-3-7(10)4-2-6/h1-4,8,10-11H/t8-/m0/s1. The van der Waals surface area contributed by atoms with E-state index in [4.69, 9.17) is 15.5 Å². The van der Waals surface area contributed by atoms with Gasteiger partial charge in [0.1, 0.15) is 5.75 Å². The summed E-state index contributed by atoms with van der Waals surface area (Å²) in [7, 11) is 0. The van der Waals surface area contributed by atoms with Crippen molar-refractivity contribution in [2.24, 2.45) is 0 Å². The molecule has 0 aliphatic heterocycles. The largest absolute Gasteiger partial charge is 0.508 e. The molecule has 1 rings (SSSR count). The molecule has 0 heterocycles. The normalized spacial score (nSPS) is 12.0. The summed E-state index contributed by atoms with van der Waals surface area (Å²) in [6, 6.07) is 7.53. The first-order chi connectivity index (χ1) is 5.24. The number of phenolic OH excluding ortho intramolecular Hbond substituents is 1. The minimum atomic E-state index is -1.10. The quantitative estimate of drug-likeness (QED) is 0.584. The molecule has 0 aliphatic carbocycles. The predicted molar refractivity (Wildman–Crippen MR) is 38.7 cm³/mol. The molecule has 1 aromatic rings. The molecule has 0 bridgehead atoms. The van der Waals surface area contributed by atoms with E-state index in [9.17, 15) is 0 Å². The van der Waals surface area contributed by atoms with Crippen molar-refractivity contribution in [1.29, 1.82) is 5.26 Å². The van der Waals surface area contributed by atoms with Gasteiger partial charge in [-0.2, -0.15) is 5.26 Å². The zero-order valence-electron chi connectivity index (χ0n) is 5.73. The lowest BCUT2D eigenvalue weighted by Gasteiger charge is -2.00. The molecule has 0 saturated carbocycles. The summed E-state index contributed by atoms with van der Waals surface area (Å²) < 4.78 is 0. The van der Waals surface area contributed by atoms with Gasteiger partial charge < -0.3 is 10.2 Å². The number of nitriles is 1. The number of nitrogens with zero attached hydrogens (tertiary/aromatic N) is 1. The van der Waals surface area contributed by atoms with Crippen LogP contribution in [0.4, 0.5) is 0 Å². The van der Waals surface area contributed by atoms with E-state index < -0.39 is 6.10 Å². The molecule has 0 fully saturated rings. The number of hydrogen-bond donors (Lipinski definition) is 2. The second-order valence-corrected chi connectivity index (χ2v) is 2.12. The average Bonchev–Trinajstić information content (AvgIpc) is 2.05. The van der Waals surface area contributed by atoms with E-state index in [0.29, 0.717) is 5.56 Å². The van der Waals surface area contributed by atoms with Gasteiger partial charge >= 0.3 is 0 Å². The molecule has 0 radical (unpaired) electrons. The number of aliphatic hydroxyl groups is 1. The van der Waals surface area contributed by atoms with Gasteiger partial charge in [0.15, 0.2) is 6.10 Å². The zero-order valence-corrected chi connectivity index (χ0v) is 5.73. The van der Waals surface area contributed by atoms with Gasteiger partial charge in [-0.25, -0.2) is 0 Å². The number of hydrogen-bond acceptors (Lipinski definition) is 3. The molecule has 3 nitrogen and oxygen atoms in total. The Balaban J connectivity index is 2.92. The summed E-state index contributed by atoms with van der Waals surface area (Å²) in [6.45, 7) is 0. The van der Waals surface area contributed by atoms with Crippen LogP contribution in [-0.4, -0.2) is 10.2 Å². The first kappa shape index (κ1) is 7.58. The molecule has 2 N–H and O–H groups in total. The Bertz CT molecular complexity index is 273. The van der Waals surface area contributed by atoms with Crippen molar-refractivity contribution >= 4 is 0 Å². The highest BCUT2D eigenvalue weighted by Crippen LogP contribution is 2.15. The topological polar surface area (TPSA) is 64.2 Å². The van der Waals surface area contributed by atoms with E-state index in [2.05, 4.69) is 0 Å². The van der Waals surface area contributed by atoms with Crippen molar-refractivity contribution in [3.63, 3.8) is 0 Å². The molecule has 0 aliphatic rings. The van der Waals surface area contributed by atoms with Crippen molar-refractivity contribution in [3.8, 4) is 11.8 Å². The van der Waals surface area contributed by atoms with Crippen molar-refractivity contribution in [2.75, 3.05) is 0 Å². The third kappa shape index (κ3) is 1.69. The van der Waals surface area contributed by atoms with Crippen LogP contribution in [0.2, 0.25) is 0 Å². The summed E-state index contributed by atoms with van der Waals surface area (Å²) in [5.41, 5.74) is 0.491. The maximum Gasteiger partial charge on any atom is 0.165 e. The number of rotatable bonds is 1. The van der Waals surface area contributed by atoms with E-state index in [1.165, 1.54) is 24.3 Å². The second-order valence-electron chi connectivity index (χ2n) is 2.12. The van der Waals surface area contributed by atoms with Crippen molar-refractivity contribution in [2.45, 2.75) is 6.10 Å². The van der Waals surface area contributed by atoms with Crippen LogP contribution in [-0.2, 0) is 0 Å². The lowest BCUT2D eigenvalue weighted by atomic mass is 10.1. The third-order valence-electron chi connectivity index (χ3n) is 1.33. The van der Waals surface area contributed by atoms with E-state index in [0.717, 1.165) is 0 Å². The van der Waals surface area contributed by atoms with Crippen LogP contribution in [0.5, 0.6) is 5.75 Å². The minimum Gasteiger partial charge on any atom is -0.508 e. The van der Waals surface area contributed by atoms with Crippen molar-refractivity contribution in [3.05, 3.63) is 29.8 Å². The fourth-order valence-corrected chi connectivity index (χ4v) is 0.731. The second kappa shape index (κ2) is 3.04. The maximum atomic E-state index is 8.98. The van der Waals surface area contributed by atoms with Crippen molar-refractivity contribution in [1.82, 2.24) is 0 Å². The Morgan fingerprint density at radius 2 is 1.82 bits per heavy atom. The summed E-state index contributed by atoms with van der Waals surface area (Å²) in [5, 5.41) is 26.1. The SMILES string of the molecule is N#C[C@H](O)c1ccc(O)cc1. The number of aromatic hydroxyl groups is 1. The van der Waals surface area contributed by atoms with E-state index in [1.54, 1.807) is 6.07 Å². The van der Waals surface area contributed by atoms with Gasteiger partial charge in [-0.05, 0) is 17.7 Å². The summed E-state index contributed by atoms with van der Waals surface area (Å²) >= 11 is 0. The van der Waals surface area contributed by atoms with Gasteiger partial charge in [0.2, 0.25) is 0 Å². The molecule has 1 aromatic carbocycles. The highest BCUT2D eigenvalue weighted by Gasteiger charge is 2.03. The molecule has 0 amide bonds. The lowest BCUT2D eigenvalue weighted by molar-refractivity contribution is 0.236. The highest BCUT2D eigenvalue weighted by atomic mass is 16.3. The molecular formula is C8H7NO2. The first-order valence-electron chi connectivity index (χ1n) is 3.10. The molecule has 3 heteroatoms. The fourth-order valence-electron chi connectivity index (χ4n) is 0.731. The van der Waals surface area contributed by atoms with Gasteiger partial charge in [0.25, 0.3) is 0 Å². The Kier molecular flexibility index (Phi) is 2.09. The molecule has 0 spiro atoms. The van der Waals surface area contributed by atoms with Crippen LogP contribution >= 0.6 is 0 Å². The van der Waals surface area contributed by atoms with Gasteiger partial charge in [0.05, 0.1) is 6.07 Å². The molecule has 11 heavy (non-hydrogen) atoms. The van der Waals surface area contributed by atoms with Crippen LogP contribution in [0, 0.1) is 11.3 Å². The van der Waals surface area contributed by atoms with Crippen molar-refractivity contribution < 1.29 is 10.2 Å². The molecular weight excluding hydrogens is 142 g/mol. The Labute approximate surface area is 64.1 Å². The molecule has 1 atom stereocenters. The van der Waals surface area contributed by atoms with Crippen LogP contribution in [0.1, 0.15) is 11.7 Å². The fraction of sp³-hybridized carbons (Fsp3) is 0.125. The predicted octanol–water partition coefficient (Wildman–Crippen LogP) is 0.949. The monoisotopic (exact) mass is 149 g/mol. The maximum absolute atomic E-state index is 8.98. The third-order valence-corrected chi connectivity index (χ3v) is 1.33. The zero-order chi connectivity index (χ0) is 8.27. The van der Waals surface area contributed by atoms with Gasteiger partial charge in [-0.15, -0.1) is 0 Å². The Morgan fingerprint density at radius 1 is 1.27 bits per heavy atom. The van der Waals surface area contributed by atoms with Gasteiger partial charge in [-0.3, -0.25) is 0 Å². The molecule has 0 saturated heterocycles. The Hall–Kier alpha value is -1.53. The first-order valence-corrected chi connectivity index (χ1v) is 3.10. The van der Waals surface area contributed by atoms with Crippen LogP contribution in [0.3, 0.4) is 0 Å². The molecule has 56 valence electrons. The summed E-state index contributed by atoms with van der Waals surface area (Å²) in [4.78, 5) is 0. The lowest BCUT2D eigenvalue weighted by Crippen LogP contribution is -1.91. The Morgan fingerprint density at radius 3 is 2.27 bits per heavy atom. The number of benzene rings is 1. The van der Waals surface area contributed by atoms with Crippen LogP contribution in [0.15, 0.2) is 24.3 Å². The average molecular weight is 149 g/mol. The summed E-state index contributed by atoms with van der Waals surface area (Å²) in [5.74, 6) is 0.124. The molecule has 0 aromatic heterocycles. The van der Waals surface area contributed by atoms with E-state index >= 15 is 0 Å².